The van der Waals surface area contributed by atoms with Crippen LogP contribution >= 0.6 is 0 Å². The summed E-state index contributed by atoms with van der Waals surface area (Å²) in [6.45, 7) is 19.0. The van der Waals surface area contributed by atoms with Crippen molar-refractivity contribution in [1.82, 2.24) is 0 Å². The van der Waals surface area contributed by atoms with Crippen molar-refractivity contribution in [3.63, 3.8) is 0 Å². The average Bonchev–Trinajstić information content (AvgIpc) is 2.12. The lowest BCUT2D eigenvalue weighted by atomic mass is 10.3. The van der Waals surface area contributed by atoms with Gasteiger partial charge in [-0.05, 0) is 5.92 Å². The Labute approximate surface area is 93.5 Å². The standard InChI is InChI=1S/C4H10.C3H8.2C2H6.CH6N2/c1-4(2)3;1-3-2;2*1-2;2-1-3/h4H,1-3H3;3H2,1-2H3;2*1-2H3;1-3H2. The van der Waals surface area contributed by atoms with E-state index in [1.165, 1.54) is 6.42 Å². The SMILES string of the molecule is CC.CC.CC(C)C.CCC.NCN. The topological polar surface area (TPSA) is 52.0 Å². The number of hydrogen-bond donors (Lipinski definition) is 2. The van der Waals surface area contributed by atoms with Gasteiger partial charge in [-0.3, -0.25) is 0 Å². The summed E-state index contributed by atoms with van der Waals surface area (Å²) in [4.78, 5) is 0. The molecule has 0 fully saturated rings. The summed E-state index contributed by atoms with van der Waals surface area (Å²) in [6.07, 6.45) is 1.25. The molecule has 4 N–H and O–H groups in total. The zero-order valence-electron chi connectivity index (χ0n) is 12.1. The zero-order valence-corrected chi connectivity index (χ0v) is 12.1. The van der Waals surface area contributed by atoms with E-state index in [4.69, 9.17) is 0 Å². The molecular weight excluding hydrogens is 172 g/mol. The van der Waals surface area contributed by atoms with E-state index in [1.54, 1.807) is 0 Å². The molecule has 0 saturated heterocycles. The second kappa shape index (κ2) is 75.8. The highest BCUT2D eigenvalue weighted by Gasteiger charge is 1.68. The van der Waals surface area contributed by atoms with E-state index in [0.717, 1.165) is 5.92 Å². The molecule has 14 heavy (non-hydrogen) atoms. The summed E-state index contributed by atoms with van der Waals surface area (Å²) in [5.41, 5.74) is 9.25. The summed E-state index contributed by atoms with van der Waals surface area (Å²) in [7, 11) is 0. The molecule has 0 atom stereocenters. The van der Waals surface area contributed by atoms with E-state index in [-0.39, 0.29) is 6.67 Å². The molecule has 0 heterocycles. The van der Waals surface area contributed by atoms with Crippen molar-refractivity contribution < 1.29 is 0 Å². The van der Waals surface area contributed by atoms with Gasteiger partial charge in [0.1, 0.15) is 0 Å². The van der Waals surface area contributed by atoms with Gasteiger partial charge in [0.05, 0.1) is 0 Å². The second-order valence-electron chi connectivity index (χ2n) is 2.67. The fourth-order valence-electron chi connectivity index (χ4n) is 0. The maximum absolute atomic E-state index is 4.62. The van der Waals surface area contributed by atoms with Crippen LogP contribution < -0.4 is 11.5 Å². The highest BCUT2D eigenvalue weighted by Crippen LogP contribution is 1.81. The molecule has 0 unspecified atom stereocenters. The van der Waals surface area contributed by atoms with Crippen LogP contribution in [0.25, 0.3) is 0 Å². The molecular formula is C12H36N2. The minimum atomic E-state index is 0.250. The molecule has 0 aliphatic carbocycles. The molecule has 0 radical (unpaired) electrons. The molecule has 0 rings (SSSR count). The van der Waals surface area contributed by atoms with Crippen LogP contribution in [-0.4, -0.2) is 6.67 Å². The minimum Gasteiger partial charge on any atom is -0.319 e. The highest BCUT2D eigenvalue weighted by molar-refractivity contribution is 4.20. The molecule has 0 amide bonds. The summed E-state index contributed by atoms with van der Waals surface area (Å²) in [6, 6.07) is 0. The third-order valence-electron chi connectivity index (χ3n) is 0. The summed E-state index contributed by atoms with van der Waals surface area (Å²) in [5.74, 6) is 0.833. The van der Waals surface area contributed by atoms with Gasteiger partial charge in [0.25, 0.3) is 0 Å². The first-order valence-corrected chi connectivity index (χ1v) is 5.96. The Morgan fingerprint density at radius 2 is 0.786 bits per heavy atom. The molecule has 0 bridgehead atoms. The predicted octanol–water partition coefficient (Wildman–Crippen LogP) is 3.99. The monoisotopic (exact) mass is 208 g/mol. The average molecular weight is 208 g/mol. The van der Waals surface area contributed by atoms with Gasteiger partial charge in [0.15, 0.2) is 0 Å². The molecule has 2 heteroatoms. The lowest BCUT2D eigenvalue weighted by Gasteiger charge is -1.79. The Kier molecular flexibility index (Phi) is 158. The van der Waals surface area contributed by atoms with Crippen molar-refractivity contribution >= 4 is 0 Å². The summed E-state index contributed by atoms with van der Waals surface area (Å²) >= 11 is 0. The van der Waals surface area contributed by atoms with Crippen LogP contribution in [0.4, 0.5) is 0 Å². The first-order valence-electron chi connectivity index (χ1n) is 5.96. The van der Waals surface area contributed by atoms with Crippen LogP contribution in [-0.2, 0) is 0 Å². The van der Waals surface area contributed by atoms with E-state index < -0.39 is 0 Å². The largest absolute Gasteiger partial charge is 0.319 e. The smallest absolute Gasteiger partial charge is 0.0403 e. The lowest BCUT2D eigenvalue weighted by molar-refractivity contribution is 0.737. The Hall–Kier alpha value is -0.0800. The van der Waals surface area contributed by atoms with Gasteiger partial charge in [-0.2, -0.15) is 0 Å². The van der Waals surface area contributed by atoms with Crippen LogP contribution in [0.5, 0.6) is 0 Å². The van der Waals surface area contributed by atoms with Gasteiger partial charge in [-0.15, -0.1) is 0 Å². The van der Waals surface area contributed by atoms with Crippen molar-refractivity contribution in [2.24, 2.45) is 17.4 Å². The summed E-state index contributed by atoms with van der Waals surface area (Å²) in [5, 5.41) is 0. The van der Waals surface area contributed by atoms with Gasteiger partial charge >= 0.3 is 0 Å². The van der Waals surface area contributed by atoms with Crippen LogP contribution in [0.2, 0.25) is 0 Å². The molecule has 0 aromatic heterocycles. The van der Waals surface area contributed by atoms with Crippen molar-refractivity contribution in [3.8, 4) is 0 Å². The van der Waals surface area contributed by atoms with Gasteiger partial charge < -0.3 is 11.5 Å². The van der Waals surface area contributed by atoms with Gasteiger partial charge in [0, 0.05) is 6.67 Å². The van der Waals surface area contributed by atoms with E-state index >= 15 is 0 Å². The van der Waals surface area contributed by atoms with E-state index in [2.05, 4.69) is 46.1 Å². The highest BCUT2D eigenvalue weighted by atomic mass is 14.7. The fraction of sp³-hybridized carbons (Fsp3) is 1.00. The maximum Gasteiger partial charge on any atom is 0.0403 e. The fourth-order valence-corrected chi connectivity index (χ4v) is 0. The number of nitrogens with two attached hydrogens (primary N) is 2. The minimum absolute atomic E-state index is 0.250. The molecule has 0 aromatic rings. The van der Waals surface area contributed by atoms with Crippen LogP contribution in [0.1, 0.15) is 68.7 Å². The van der Waals surface area contributed by atoms with Crippen molar-refractivity contribution in [3.05, 3.63) is 0 Å². The van der Waals surface area contributed by atoms with Gasteiger partial charge in [-0.25, -0.2) is 0 Å². The van der Waals surface area contributed by atoms with Crippen molar-refractivity contribution in [1.29, 1.82) is 0 Å². The summed E-state index contributed by atoms with van der Waals surface area (Å²) < 4.78 is 0. The van der Waals surface area contributed by atoms with E-state index in [1.807, 2.05) is 27.7 Å². The van der Waals surface area contributed by atoms with Gasteiger partial charge in [-0.1, -0.05) is 68.7 Å². The van der Waals surface area contributed by atoms with Gasteiger partial charge in [0.2, 0.25) is 0 Å². The first-order chi connectivity index (χ1) is 6.56. The molecule has 94 valence electrons. The normalized spacial score (nSPS) is 6.00. The molecule has 0 aliphatic rings. The molecule has 0 aliphatic heterocycles. The lowest BCUT2D eigenvalue weighted by Crippen LogP contribution is -2.08. The van der Waals surface area contributed by atoms with Crippen molar-refractivity contribution in [2.45, 2.75) is 68.7 Å². The maximum atomic E-state index is 4.62. The zero-order chi connectivity index (χ0) is 13.0. The number of hydrogen-bond acceptors (Lipinski definition) is 2. The number of rotatable bonds is 0. The molecule has 2 nitrogen and oxygen atoms in total. The Morgan fingerprint density at radius 3 is 0.786 bits per heavy atom. The Balaban J connectivity index is -0.0000000249. The van der Waals surface area contributed by atoms with E-state index in [0.29, 0.717) is 0 Å². The second-order valence-corrected chi connectivity index (χ2v) is 2.67. The first kappa shape index (κ1) is 29.2. The van der Waals surface area contributed by atoms with Crippen LogP contribution in [0, 0.1) is 5.92 Å². The van der Waals surface area contributed by atoms with Crippen LogP contribution in [0.3, 0.4) is 0 Å². The third-order valence-corrected chi connectivity index (χ3v) is 0. The molecule has 0 saturated carbocycles. The predicted molar refractivity (Wildman–Crippen MR) is 72.4 cm³/mol. The van der Waals surface area contributed by atoms with E-state index in [9.17, 15) is 0 Å². The quantitative estimate of drug-likeness (QED) is 0.591. The Bertz CT molecular complexity index is 24.7. The Morgan fingerprint density at radius 1 is 0.786 bits per heavy atom. The molecule has 0 spiro atoms. The third kappa shape index (κ3) is 222000. The van der Waals surface area contributed by atoms with Crippen LogP contribution in [0.15, 0.2) is 0 Å². The molecule has 0 aromatic carbocycles. The van der Waals surface area contributed by atoms with Crippen molar-refractivity contribution in [2.75, 3.05) is 6.67 Å².